The third-order valence-corrected chi connectivity index (χ3v) is 14.1. The van der Waals surface area contributed by atoms with Crippen molar-refractivity contribution in [3.8, 4) is 23.8 Å². The van der Waals surface area contributed by atoms with Gasteiger partial charge in [0.2, 0.25) is 0 Å². The summed E-state index contributed by atoms with van der Waals surface area (Å²) in [6.45, 7) is 1.88. The number of methoxy groups -OCH3 is 2. The molecule has 6 aromatic carbocycles. The topological polar surface area (TPSA) is 119 Å². The van der Waals surface area contributed by atoms with Gasteiger partial charge in [0, 0.05) is 12.8 Å². The SMILES string of the molecule is C#C[C@]1(COC(=O)CCCCCCCCC)O[C@@H](n2cnc3c(NC(c4ccccc4)(c4ccccc4)c4ccc(OC)cc4)nc(F)nc32)C[C@@H]1OC(c1ccccc1)(c1ccccc1)c1ccc(OC)cc1. The Morgan fingerprint density at radius 1 is 0.703 bits per heavy atom. The minimum Gasteiger partial charge on any atom is -0.497 e. The average molecular weight is 992 g/mol. The predicted molar refractivity (Wildman–Crippen MR) is 285 cm³/mol. The van der Waals surface area contributed by atoms with Gasteiger partial charge in [-0.2, -0.15) is 14.4 Å². The van der Waals surface area contributed by atoms with Crippen molar-refractivity contribution in [1.82, 2.24) is 19.5 Å². The van der Waals surface area contributed by atoms with Gasteiger partial charge >= 0.3 is 12.0 Å². The van der Waals surface area contributed by atoms with Crippen LogP contribution in [0.3, 0.4) is 0 Å². The maximum absolute atomic E-state index is 16.4. The zero-order valence-corrected chi connectivity index (χ0v) is 42.2. The van der Waals surface area contributed by atoms with Crippen LogP contribution in [0, 0.1) is 18.4 Å². The van der Waals surface area contributed by atoms with E-state index in [9.17, 15) is 4.79 Å². The minimum atomic E-state index is -1.66. The third kappa shape index (κ3) is 10.5. The van der Waals surface area contributed by atoms with Crippen LogP contribution >= 0.6 is 0 Å². The van der Waals surface area contributed by atoms with Crippen molar-refractivity contribution in [3.63, 3.8) is 0 Å². The van der Waals surface area contributed by atoms with E-state index in [2.05, 4.69) is 28.1 Å². The number of carbonyl (C=O) groups excluding carboxylic acids is 1. The summed E-state index contributed by atoms with van der Waals surface area (Å²) in [5.74, 6) is 4.02. The molecule has 1 aliphatic heterocycles. The first-order valence-corrected chi connectivity index (χ1v) is 25.5. The van der Waals surface area contributed by atoms with Crippen molar-refractivity contribution in [3.05, 3.63) is 216 Å². The number of ether oxygens (including phenoxy) is 5. The highest BCUT2D eigenvalue weighted by Crippen LogP contribution is 2.49. The van der Waals surface area contributed by atoms with Crippen molar-refractivity contribution < 1.29 is 32.9 Å². The molecule has 1 saturated heterocycles. The highest BCUT2D eigenvalue weighted by Gasteiger charge is 2.55. The second-order valence-electron chi connectivity index (χ2n) is 18.6. The first-order valence-electron chi connectivity index (χ1n) is 25.5. The zero-order valence-electron chi connectivity index (χ0n) is 42.2. The van der Waals surface area contributed by atoms with Crippen LogP contribution in [0.15, 0.2) is 176 Å². The van der Waals surface area contributed by atoms with Gasteiger partial charge in [-0.05, 0) is 64.1 Å². The molecule has 1 N–H and O–H groups in total. The van der Waals surface area contributed by atoms with E-state index in [0.717, 1.165) is 52.6 Å². The molecule has 2 aromatic heterocycles. The number of aromatic nitrogens is 4. The fourth-order valence-corrected chi connectivity index (χ4v) is 10.2. The number of carbonyl (C=O) groups is 1. The van der Waals surface area contributed by atoms with Crippen LogP contribution < -0.4 is 14.8 Å². The molecule has 0 unspecified atom stereocenters. The molecule has 0 aliphatic carbocycles. The summed E-state index contributed by atoms with van der Waals surface area (Å²) in [5, 5.41) is 3.69. The van der Waals surface area contributed by atoms with Crippen LogP contribution in [0.5, 0.6) is 11.5 Å². The first kappa shape index (κ1) is 51.1. The maximum Gasteiger partial charge on any atom is 0.312 e. The van der Waals surface area contributed by atoms with Gasteiger partial charge in [-0.25, -0.2) is 4.98 Å². The maximum atomic E-state index is 16.4. The number of terminal acetylenes is 1. The van der Waals surface area contributed by atoms with E-state index in [-0.39, 0.29) is 42.4 Å². The fourth-order valence-electron chi connectivity index (χ4n) is 10.2. The van der Waals surface area contributed by atoms with Crippen LogP contribution in [0.2, 0.25) is 0 Å². The van der Waals surface area contributed by atoms with Crippen LogP contribution in [-0.2, 0) is 30.1 Å². The number of esters is 1. The number of anilines is 1. The number of hydrogen-bond donors (Lipinski definition) is 1. The average Bonchev–Trinajstić information content (AvgIpc) is 4.08. The Balaban J connectivity index is 1.14. The predicted octanol–water partition coefficient (Wildman–Crippen LogP) is 12.7. The van der Waals surface area contributed by atoms with E-state index in [1.54, 1.807) is 25.1 Å². The van der Waals surface area contributed by atoms with Crippen LogP contribution in [0.4, 0.5) is 10.2 Å². The smallest absolute Gasteiger partial charge is 0.312 e. The second kappa shape index (κ2) is 23.4. The van der Waals surface area contributed by atoms with Crippen molar-refractivity contribution in [2.75, 3.05) is 26.1 Å². The van der Waals surface area contributed by atoms with Crippen LogP contribution in [-0.4, -0.2) is 58.0 Å². The molecule has 1 fully saturated rings. The molecule has 0 spiro atoms. The molecule has 12 heteroatoms. The first-order chi connectivity index (χ1) is 36.3. The fraction of sp³-hybridized carbons (Fsp3) is 0.290. The van der Waals surface area contributed by atoms with Crippen LogP contribution in [0.25, 0.3) is 11.2 Å². The van der Waals surface area contributed by atoms with E-state index in [4.69, 9.17) is 35.1 Å². The second-order valence-corrected chi connectivity index (χ2v) is 18.6. The van der Waals surface area contributed by atoms with Crippen LogP contribution in [0.1, 0.15) is 104 Å². The highest BCUT2D eigenvalue weighted by molar-refractivity contribution is 5.84. The van der Waals surface area contributed by atoms with Crippen molar-refractivity contribution in [2.24, 2.45) is 0 Å². The number of nitrogens with one attached hydrogen (secondary N) is 1. The lowest BCUT2D eigenvalue weighted by Crippen LogP contribution is -2.49. The molecule has 0 bridgehead atoms. The molecule has 9 rings (SSSR count). The molecule has 3 atom stereocenters. The van der Waals surface area contributed by atoms with Gasteiger partial charge in [0.05, 0.1) is 20.5 Å². The van der Waals surface area contributed by atoms with E-state index in [0.29, 0.717) is 17.9 Å². The van der Waals surface area contributed by atoms with Gasteiger partial charge in [0.1, 0.15) is 41.6 Å². The molecule has 1 aliphatic rings. The Labute approximate surface area is 433 Å². The number of benzene rings is 6. The number of unbranched alkanes of at least 4 members (excludes halogenated alkanes) is 6. The van der Waals surface area contributed by atoms with E-state index in [1.807, 2.05) is 170 Å². The monoisotopic (exact) mass is 991 g/mol. The molecular weight excluding hydrogens is 930 g/mol. The van der Waals surface area contributed by atoms with Gasteiger partial charge in [-0.15, -0.1) is 6.42 Å². The van der Waals surface area contributed by atoms with Crippen molar-refractivity contribution >= 4 is 23.0 Å². The lowest BCUT2D eigenvalue weighted by Gasteiger charge is -2.41. The summed E-state index contributed by atoms with van der Waals surface area (Å²) >= 11 is 0. The zero-order chi connectivity index (χ0) is 51.4. The largest absolute Gasteiger partial charge is 0.497 e. The number of fused-ring (bicyclic) bond motifs is 1. The lowest BCUT2D eigenvalue weighted by molar-refractivity contribution is -0.165. The molecule has 378 valence electrons. The van der Waals surface area contributed by atoms with E-state index < -0.39 is 35.2 Å². The van der Waals surface area contributed by atoms with E-state index >= 15 is 4.39 Å². The molecule has 11 nitrogen and oxygen atoms in total. The van der Waals surface area contributed by atoms with Gasteiger partial charge in [0.15, 0.2) is 22.6 Å². The Kier molecular flexibility index (Phi) is 16.1. The Morgan fingerprint density at radius 3 is 1.72 bits per heavy atom. The molecule has 0 radical (unpaired) electrons. The molecule has 3 heterocycles. The standard InChI is InChI=1S/C62H62FN5O6/c1-5-7-8-9-10-11-24-33-55(69)72-43-60(6-2)53(73-62(48-29-20-14-21-30-48,49-31-22-15-23-32-49)50-36-40-52(71-4)41-37-50)42-54(74-60)68-44-64-56-57(65-59(63)66-58(56)68)67-61(45-25-16-12-17-26-45,46-27-18-13-19-28-46)47-34-38-51(70-3)39-35-47/h2,12-23,25-32,34-41,44,53-54H,5,7-11,24,33,42-43H2,1,3-4H3,(H,65,66,67)/t53-,54+,60+/m0/s1. The number of imidazole rings is 1. The lowest BCUT2D eigenvalue weighted by atomic mass is 9.77. The van der Waals surface area contributed by atoms with Gasteiger partial charge in [0.25, 0.3) is 0 Å². The molecule has 0 saturated carbocycles. The number of hydrogen-bond acceptors (Lipinski definition) is 10. The Morgan fingerprint density at radius 2 is 1.19 bits per heavy atom. The van der Waals surface area contributed by atoms with Gasteiger partial charge in [-0.3, -0.25) is 9.36 Å². The number of rotatable bonds is 23. The summed E-state index contributed by atoms with van der Waals surface area (Å²) in [6.07, 6.45) is 13.0. The van der Waals surface area contributed by atoms with Crippen molar-refractivity contribution in [2.45, 2.75) is 93.8 Å². The quantitative estimate of drug-likeness (QED) is 0.0218. The Bertz CT molecular complexity index is 3040. The van der Waals surface area contributed by atoms with Gasteiger partial charge in [-0.1, -0.05) is 197 Å². The van der Waals surface area contributed by atoms with E-state index in [1.165, 1.54) is 19.3 Å². The number of nitrogens with zero attached hydrogens (tertiary/aromatic N) is 4. The summed E-state index contributed by atoms with van der Waals surface area (Å²) in [6, 6.07) is 55.1. The third-order valence-electron chi connectivity index (χ3n) is 14.1. The highest BCUT2D eigenvalue weighted by atomic mass is 19.1. The van der Waals surface area contributed by atoms with Crippen molar-refractivity contribution in [1.29, 1.82) is 0 Å². The summed E-state index contributed by atoms with van der Waals surface area (Å²) in [4.78, 5) is 27.3. The van der Waals surface area contributed by atoms with Gasteiger partial charge < -0.3 is 29.0 Å². The normalized spacial score (nSPS) is 16.6. The minimum absolute atomic E-state index is 0.112. The number of halogens is 1. The molecule has 74 heavy (non-hydrogen) atoms. The summed E-state index contributed by atoms with van der Waals surface area (Å²) in [7, 11) is 3.24. The molecule has 0 amide bonds. The summed E-state index contributed by atoms with van der Waals surface area (Å²) < 4.78 is 50.0. The summed E-state index contributed by atoms with van der Waals surface area (Å²) in [5.41, 5.74) is 1.33. The molecule has 8 aromatic rings. The Hall–Kier alpha value is -7.85. The molecular formula is C62H62FN5O6.